The molecule has 154 valence electrons. The van der Waals surface area contributed by atoms with Gasteiger partial charge in [-0.15, -0.1) is 0 Å². The number of hydrogen-bond donors (Lipinski definition) is 2. The van der Waals surface area contributed by atoms with Crippen molar-refractivity contribution in [2.75, 3.05) is 27.2 Å². The van der Waals surface area contributed by atoms with E-state index >= 15 is 0 Å². The smallest absolute Gasteiger partial charge is 0.254 e. The number of halogens is 1. The quantitative estimate of drug-likeness (QED) is 0.464. The minimum absolute atomic E-state index is 0.150. The van der Waals surface area contributed by atoms with Crippen molar-refractivity contribution in [3.8, 4) is 16.9 Å². The Bertz CT molecular complexity index is 1200. The van der Waals surface area contributed by atoms with E-state index in [-0.39, 0.29) is 11.4 Å². The minimum Gasteiger partial charge on any atom is -0.311 e. The van der Waals surface area contributed by atoms with Crippen LogP contribution in [0.1, 0.15) is 5.56 Å². The van der Waals surface area contributed by atoms with E-state index in [4.69, 9.17) is 5.10 Å². The lowest BCUT2D eigenvalue weighted by Gasteiger charge is -2.10. The number of aromatic amines is 1. The Morgan fingerprint density at radius 3 is 2.53 bits per heavy atom. The molecule has 0 unspecified atom stereocenters. The first kappa shape index (κ1) is 20.0. The number of fused-ring (bicyclic) bond motifs is 1. The molecule has 2 N–H and O–H groups in total. The average molecular weight is 405 g/mol. The van der Waals surface area contributed by atoms with Gasteiger partial charge >= 0.3 is 0 Å². The number of nitrogens with one attached hydrogen (secondary N) is 2. The van der Waals surface area contributed by atoms with Crippen molar-refractivity contribution in [3.05, 3.63) is 82.4 Å². The molecule has 0 atom stereocenters. The number of hydrogen-bond acceptors (Lipinski definition) is 4. The van der Waals surface area contributed by atoms with Crippen LogP contribution in [0, 0.1) is 5.82 Å². The normalized spacial score (nSPS) is 11.5. The summed E-state index contributed by atoms with van der Waals surface area (Å²) >= 11 is 0. The van der Waals surface area contributed by atoms with Crippen LogP contribution in [0.25, 0.3) is 28.0 Å². The van der Waals surface area contributed by atoms with Crippen LogP contribution < -0.4 is 10.9 Å². The number of para-hydroxylation sites is 1. The summed E-state index contributed by atoms with van der Waals surface area (Å²) in [6.45, 7) is 2.12. The molecule has 0 aliphatic rings. The van der Waals surface area contributed by atoms with E-state index in [0.717, 1.165) is 29.7 Å². The van der Waals surface area contributed by atoms with Crippen LogP contribution in [-0.2, 0) is 6.54 Å². The maximum atomic E-state index is 13.4. The maximum absolute atomic E-state index is 13.4. The summed E-state index contributed by atoms with van der Waals surface area (Å²) in [5, 5.41) is 8.88. The second-order valence-electron chi connectivity index (χ2n) is 7.47. The SMILES string of the molecule is CN(C)CCNCc1cc2c(-c3ccc(F)cc3)nn(-c3ccccc3)c2[nH]c1=O. The zero-order valence-electron chi connectivity index (χ0n) is 17.0. The Morgan fingerprint density at radius 2 is 1.83 bits per heavy atom. The van der Waals surface area contributed by atoms with Gasteiger partial charge < -0.3 is 15.2 Å². The van der Waals surface area contributed by atoms with Gasteiger partial charge in [0.05, 0.1) is 5.69 Å². The highest BCUT2D eigenvalue weighted by Gasteiger charge is 2.16. The third kappa shape index (κ3) is 4.17. The third-order valence-electron chi connectivity index (χ3n) is 4.93. The number of rotatable bonds is 7. The number of H-pyrrole nitrogens is 1. The van der Waals surface area contributed by atoms with Gasteiger partial charge in [0.2, 0.25) is 0 Å². The highest BCUT2D eigenvalue weighted by Crippen LogP contribution is 2.28. The summed E-state index contributed by atoms with van der Waals surface area (Å²) < 4.78 is 15.2. The predicted octanol–water partition coefficient (Wildman–Crippen LogP) is 3.17. The molecule has 2 aromatic heterocycles. The van der Waals surface area contributed by atoms with Crippen molar-refractivity contribution < 1.29 is 4.39 Å². The Labute approximate surface area is 174 Å². The van der Waals surface area contributed by atoms with Crippen molar-refractivity contribution in [1.82, 2.24) is 25.0 Å². The van der Waals surface area contributed by atoms with Crippen molar-refractivity contribution in [2.45, 2.75) is 6.54 Å². The molecule has 6 nitrogen and oxygen atoms in total. The molecule has 30 heavy (non-hydrogen) atoms. The molecule has 0 amide bonds. The summed E-state index contributed by atoms with van der Waals surface area (Å²) in [5.74, 6) is -0.301. The fourth-order valence-corrected chi connectivity index (χ4v) is 3.35. The zero-order valence-corrected chi connectivity index (χ0v) is 17.0. The standard InChI is InChI=1S/C23H24FN5O/c1-28(2)13-12-25-15-17-14-20-21(16-8-10-18(24)11-9-16)27-29(22(20)26-23(17)30)19-6-4-3-5-7-19/h3-11,14,25H,12-13,15H2,1-2H3,(H,26,30). The highest BCUT2D eigenvalue weighted by atomic mass is 19.1. The molecule has 0 saturated carbocycles. The van der Waals surface area contributed by atoms with Crippen molar-refractivity contribution in [3.63, 3.8) is 0 Å². The summed E-state index contributed by atoms with van der Waals surface area (Å²) in [6, 6.07) is 17.7. The second kappa shape index (κ2) is 8.61. The number of nitrogens with zero attached hydrogens (tertiary/aromatic N) is 3. The van der Waals surface area contributed by atoms with Gasteiger partial charge in [0.1, 0.15) is 17.2 Å². The minimum atomic E-state index is -0.301. The first-order valence-corrected chi connectivity index (χ1v) is 9.84. The molecular formula is C23H24FN5O. The largest absolute Gasteiger partial charge is 0.311 e. The van der Waals surface area contributed by atoms with E-state index in [9.17, 15) is 9.18 Å². The van der Waals surface area contributed by atoms with Crippen LogP contribution in [0.15, 0.2) is 65.5 Å². The lowest BCUT2D eigenvalue weighted by atomic mass is 10.1. The van der Waals surface area contributed by atoms with Crippen LogP contribution in [-0.4, -0.2) is 46.8 Å². The van der Waals surface area contributed by atoms with Gasteiger partial charge in [-0.3, -0.25) is 4.79 Å². The van der Waals surface area contributed by atoms with Crippen LogP contribution in [0.4, 0.5) is 4.39 Å². The third-order valence-corrected chi connectivity index (χ3v) is 4.93. The fraction of sp³-hybridized carbons (Fsp3) is 0.217. The van der Waals surface area contributed by atoms with E-state index in [0.29, 0.717) is 23.4 Å². The van der Waals surface area contributed by atoms with Gasteiger partial charge in [0.25, 0.3) is 5.56 Å². The predicted molar refractivity (Wildman–Crippen MR) is 117 cm³/mol. The summed E-state index contributed by atoms with van der Waals surface area (Å²) in [7, 11) is 4.01. The first-order valence-electron chi connectivity index (χ1n) is 9.84. The number of benzene rings is 2. The van der Waals surface area contributed by atoms with Crippen molar-refractivity contribution in [1.29, 1.82) is 0 Å². The molecule has 0 aliphatic heterocycles. The molecular weight excluding hydrogens is 381 g/mol. The second-order valence-corrected chi connectivity index (χ2v) is 7.47. The lowest BCUT2D eigenvalue weighted by Crippen LogP contribution is -2.28. The first-order chi connectivity index (χ1) is 14.5. The molecule has 0 saturated heterocycles. The van der Waals surface area contributed by atoms with Gasteiger partial charge in [0, 0.05) is 36.1 Å². The lowest BCUT2D eigenvalue weighted by molar-refractivity contribution is 0.400. The number of aromatic nitrogens is 3. The molecule has 0 aliphatic carbocycles. The van der Waals surface area contributed by atoms with Gasteiger partial charge in [-0.1, -0.05) is 18.2 Å². The van der Waals surface area contributed by atoms with Gasteiger partial charge in [-0.25, -0.2) is 9.07 Å². The summed E-state index contributed by atoms with van der Waals surface area (Å²) in [4.78, 5) is 17.8. The van der Waals surface area contributed by atoms with Crippen LogP contribution in [0.2, 0.25) is 0 Å². The summed E-state index contributed by atoms with van der Waals surface area (Å²) in [6.07, 6.45) is 0. The molecule has 0 bridgehead atoms. The molecule has 0 spiro atoms. The Balaban J connectivity index is 1.81. The Kier molecular flexibility index (Phi) is 5.74. The van der Waals surface area contributed by atoms with Gasteiger partial charge in [-0.2, -0.15) is 5.10 Å². The molecule has 4 aromatic rings. The molecule has 0 radical (unpaired) electrons. The van der Waals surface area contributed by atoms with E-state index in [2.05, 4.69) is 15.2 Å². The molecule has 0 fully saturated rings. The van der Waals surface area contributed by atoms with E-state index < -0.39 is 0 Å². The van der Waals surface area contributed by atoms with Crippen LogP contribution >= 0.6 is 0 Å². The van der Waals surface area contributed by atoms with Crippen LogP contribution in [0.3, 0.4) is 0 Å². The molecule has 2 aromatic carbocycles. The average Bonchev–Trinajstić information content (AvgIpc) is 3.10. The molecule has 2 heterocycles. The fourth-order valence-electron chi connectivity index (χ4n) is 3.35. The Hall–Kier alpha value is -3.29. The van der Waals surface area contributed by atoms with Gasteiger partial charge in [0.15, 0.2) is 0 Å². The number of likely N-dealkylation sites (N-methyl/N-ethyl adjacent to an activating group) is 1. The van der Waals surface area contributed by atoms with E-state index in [1.54, 1.807) is 16.8 Å². The monoisotopic (exact) mass is 405 g/mol. The molecule has 4 rings (SSSR count). The van der Waals surface area contributed by atoms with E-state index in [1.807, 2.05) is 50.5 Å². The topological polar surface area (TPSA) is 66.0 Å². The Morgan fingerprint density at radius 1 is 1.10 bits per heavy atom. The van der Waals surface area contributed by atoms with E-state index in [1.165, 1.54) is 12.1 Å². The van der Waals surface area contributed by atoms with Crippen molar-refractivity contribution >= 4 is 11.0 Å². The van der Waals surface area contributed by atoms with Crippen LogP contribution in [0.5, 0.6) is 0 Å². The van der Waals surface area contributed by atoms with Gasteiger partial charge in [-0.05, 0) is 56.6 Å². The zero-order chi connectivity index (χ0) is 21.1. The highest BCUT2D eigenvalue weighted by molar-refractivity contribution is 5.92. The van der Waals surface area contributed by atoms with Crippen molar-refractivity contribution in [2.24, 2.45) is 0 Å². The molecule has 7 heteroatoms. The maximum Gasteiger partial charge on any atom is 0.254 e. The summed E-state index contributed by atoms with van der Waals surface area (Å²) in [5.41, 5.74) is 3.42. The number of pyridine rings is 1.